The molecule has 1 aliphatic heterocycles. The molecule has 7 heteroatoms. The van der Waals surface area contributed by atoms with Gasteiger partial charge in [-0.3, -0.25) is 10.1 Å². The van der Waals surface area contributed by atoms with Crippen molar-refractivity contribution in [1.82, 2.24) is 4.98 Å². The quantitative estimate of drug-likeness (QED) is 0.631. The van der Waals surface area contributed by atoms with Crippen LogP contribution in [-0.2, 0) is 0 Å². The van der Waals surface area contributed by atoms with Crippen LogP contribution in [0.15, 0.2) is 12.3 Å². The van der Waals surface area contributed by atoms with Crippen LogP contribution in [0.5, 0.6) is 0 Å². The Morgan fingerprint density at radius 3 is 3.00 bits per heavy atom. The number of piperidine rings is 1. The van der Waals surface area contributed by atoms with Crippen LogP contribution < -0.4 is 4.90 Å². The van der Waals surface area contributed by atoms with E-state index in [9.17, 15) is 15.2 Å². The van der Waals surface area contributed by atoms with Crippen LogP contribution in [0.4, 0.5) is 11.5 Å². The first-order chi connectivity index (χ1) is 9.02. The van der Waals surface area contributed by atoms with E-state index in [4.69, 9.17) is 5.26 Å². The highest BCUT2D eigenvalue weighted by Crippen LogP contribution is 2.29. The number of anilines is 1. The average molecular weight is 262 g/mol. The molecule has 2 unspecified atom stereocenters. The van der Waals surface area contributed by atoms with Crippen LogP contribution in [0, 0.1) is 27.4 Å². The van der Waals surface area contributed by atoms with Crippen molar-refractivity contribution in [2.45, 2.75) is 19.4 Å². The molecule has 0 aromatic carbocycles. The van der Waals surface area contributed by atoms with Crippen LogP contribution in [0.1, 0.15) is 18.9 Å². The minimum Gasteiger partial charge on any atom is -0.391 e. The zero-order valence-electron chi connectivity index (χ0n) is 10.5. The van der Waals surface area contributed by atoms with Gasteiger partial charge in [0.2, 0.25) is 5.82 Å². The number of hydrogen-bond acceptors (Lipinski definition) is 6. The fourth-order valence-corrected chi connectivity index (χ4v) is 2.13. The zero-order chi connectivity index (χ0) is 14.0. The van der Waals surface area contributed by atoms with Gasteiger partial charge in [-0.05, 0) is 12.3 Å². The predicted molar refractivity (Wildman–Crippen MR) is 67.6 cm³/mol. The van der Waals surface area contributed by atoms with Crippen molar-refractivity contribution in [3.8, 4) is 6.07 Å². The Bertz CT molecular complexity index is 540. The van der Waals surface area contributed by atoms with Gasteiger partial charge in [0.05, 0.1) is 16.6 Å². The fourth-order valence-electron chi connectivity index (χ4n) is 2.13. The molecule has 100 valence electrons. The van der Waals surface area contributed by atoms with Crippen molar-refractivity contribution in [3.63, 3.8) is 0 Å². The minimum atomic E-state index is -0.548. The second-order valence-electron chi connectivity index (χ2n) is 4.71. The highest BCUT2D eigenvalue weighted by atomic mass is 16.6. The summed E-state index contributed by atoms with van der Waals surface area (Å²) >= 11 is 0. The number of nitro groups is 1. The highest BCUT2D eigenvalue weighted by Gasteiger charge is 2.29. The number of aromatic nitrogens is 1. The Morgan fingerprint density at radius 2 is 2.42 bits per heavy atom. The molecule has 0 saturated carbocycles. The number of rotatable bonds is 2. The lowest BCUT2D eigenvalue weighted by atomic mass is 9.96. The number of aliphatic hydroxyl groups excluding tert-OH is 1. The standard InChI is InChI=1S/C12H14N4O3/c1-8-2-3-15(7-11(8)17)12-10(16(18)19)4-9(5-13)6-14-12/h4,6,8,11,17H,2-3,7H2,1H3. The van der Waals surface area contributed by atoms with Crippen LogP contribution in [0.3, 0.4) is 0 Å². The Kier molecular flexibility index (Phi) is 3.62. The third-order valence-electron chi connectivity index (χ3n) is 3.39. The zero-order valence-corrected chi connectivity index (χ0v) is 10.5. The van der Waals surface area contributed by atoms with Crippen molar-refractivity contribution in [2.24, 2.45) is 5.92 Å². The first-order valence-electron chi connectivity index (χ1n) is 6.00. The van der Waals surface area contributed by atoms with Gasteiger partial charge in [0, 0.05) is 25.4 Å². The summed E-state index contributed by atoms with van der Waals surface area (Å²) in [4.78, 5) is 16.2. The summed E-state index contributed by atoms with van der Waals surface area (Å²) in [7, 11) is 0. The van der Waals surface area contributed by atoms with Gasteiger partial charge in [0.1, 0.15) is 6.07 Å². The molecule has 19 heavy (non-hydrogen) atoms. The van der Waals surface area contributed by atoms with E-state index in [0.29, 0.717) is 13.1 Å². The van der Waals surface area contributed by atoms with Gasteiger partial charge in [-0.2, -0.15) is 5.26 Å². The number of β-amino-alcohol motifs (C(OH)–C–C–N with tert-alkyl or cyclic N) is 1. The van der Waals surface area contributed by atoms with Crippen LogP contribution in [-0.4, -0.2) is 34.2 Å². The van der Waals surface area contributed by atoms with Gasteiger partial charge in [0.25, 0.3) is 0 Å². The SMILES string of the molecule is CC1CCN(c2ncc(C#N)cc2[N+](=O)[O-])CC1O. The monoisotopic (exact) mass is 262 g/mol. The Labute approximate surface area is 110 Å². The largest absolute Gasteiger partial charge is 0.391 e. The van der Waals surface area contributed by atoms with Crippen molar-refractivity contribution in [3.05, 3.63) is 27.9 Å². The molecule has 1 aromatic rings. The molecular formula is C12H14N4O3. The molecule has 0 spiro atoms. The second kappa shape index (κ2) is 5.20. The Hall–Kier alpha value is -2.20. The molecule has 1 fully saturated rings. The molecular weight excluding hydrogens is 248 g/mol. The molecule has 1 aliphatic rings. The third kappa shape index (κ3) is 2.63. The van der Waals surface area contributed by atoms with E-state index in [1.54, 1.807) is 4.90 Å². The third-order valence-corrected chi connectivity index (χ3v) is 3.39. The van der Waals surface area contributed by atoms with Gasteiger partial charge >= 0.3 is 5.69 Å². The minimum absolute atomic E-state index is 0.154. The summed E-state index contributed by atoms with van der Waals surface area (Å²) in [6.45, 7) is 2.88. The van der Waals surface area contributed by atoms with E-state index in [1.165, 1.54) is 12.3 Å². The highest BCUT2D eigenvalue weighted by molar-refractivity contribution is 5.60. The lowest BCUT2D eigenvalue weighted by molar-refractivity contribution is -0.384. The number of hydrogen-bond donors (Lipinski definition) is 1. The van der Waals surface area contributed by atoms with Crippen LogP contribution >= 0.6 is 0 Å². The number of aliphatic hydroxyl groups is 1. The normalized spacial score (nSPS) is 22.9. The molecule has 1 aromatic heterocycles. The predicted octanol–water partition coefficient (Wildman–Crippen LogP) is 1.07. The van der Waals surface area contributed by atoms with E-state index >= 15 is 0 Å². The van der Waals surface area contributed by atoms with Crippen LogP contribution in [0.25, 0.3) is 0 Å². The van der Waals surface area contributed by atoms with Gasteiger partial charge in [0.15, 0.2) is 0 Å². The summed E-state index contributed by atoms with van der Waals surface area (Å²) in [6, 6.07) is 3.05. The van der Waals surface area contributed by atoms with Crippen molar-refractivity contribution in [1.29, 1.82) is 5.26 Å². The molecule has 1 saturated heterocycles. The Morgan fingerprint density at radius 1 is 1.68 bits per heavy atom. The van der Waals surface area contributed by atoms with Gasteiger partial charge in [-0.25, -0.2) is 4.98 Å². The first kappa shape index (κ1) is 13.2. The van der Waals surface area contributed by atoms with E-state index < -0.39 is 11.0 Å². The summed E-state index contributed by atoms with van der Waals surface area (Å²) < 4.78 is 0. The molecule has 0 radical (unpaired) electrons. The second-order valence-corrected chi connectivity index (χ2v) is 4.71. The fraction of sp³-hybridized carbons (Fsp3) is 0.500. The smallest absolute Gasteiger partial charge is 0.312 e. The molecule has 0 aliphatic carbocycles. The molecule has 2 atom stereocenters. The maximum Gasteiger partial charge on any atom is 0.312 e. The van der Waals surface area contributed by atoms with Crippen molar-refractivity contribution < 1.29 is 10.0 Å². The van der Waals surface area contributed by atoms with Crippen LogP contribution in [0.2, 0.25) is 0 Å². The Balaban J connectivity index is 2.34. The summed E-state index contributed by atoms with van der Waals surface area (Å²) in [5.74, 6) is 0.392. The summed E-state index contributed by atoms with van der Waals surface area (Å²) in [6.07, 6.45) is 1.54. The van der Waals surface area contributed by atoms with Crippen molar-refractivity contribution >= 4 is 11.5 Å². The van der Waals surface area contributed by atoms with Gasteiger partial charge in [-0.15, -0.1) is 0 Å². The maximum absolute atomic E-state index is 11.0. The van der Waals surface area contributed by atoms with E-state index in [1.807, 2.05) is 13.0 Å². The summed E-state index contributed by atoms with van der Waals surface area (Å²) in [5.41, 5.74) is -0.0396. The topological polar surface area (TPSA) is 103 Å². The van der Waals surface area contributed by atoms with Gasteiger partial charge in [-0.1, -0.05) is 6.92 Å². The number of nitriles is 1. The lowest BCUT2D eigenvalue weighted by Crippen LogP contribution is -2.43. The lowest BCUT2D eigenvalue weighted by Gasteiger charge is -2.34. The van der Waals surface area contributed by atoms with E-state index in [0.717, 1.165) is 6.42 Å². The molecule has 2 rings (SSSR count). The van der Waals surface area contributed by atoms with E-state index in [-0.39, 0.29) is 23.0 Å². The maximum atomic E-state index is 11.0. The summed E-state index contributed by atoms with van der Waals surface area (Å²) in [5, 5.41) is 29.6. The molecule has 7 nitrogen and oxygen atoms in total. The van der Waals surface area contributed by atoms with Gasteiger partial charge < -0.3 is 10.0 Å². The number of pyridine rings is 1. The number of nitrogens with zero attached hydrogens (tertiary/aromatic N) is 4. The molecule has 0 bridgehead atoms. The molecule has 1 N–H and O–H groups in total. The molecule has 2 heterocycles. The van der Waals surface area contributed by atoms with Crippen molar-refractivity contribution in [2.75, 3.05) is 18.0 Å². The molecule has 0 amide bonds. The first-order valence-corrected chi connectivity index (χ1v) is 6.00. The van der Waals surface area contributed by atoms with E-state index in [2.05, 4.69) is 4.98 Å². The average Bonchev–Trinajstić information content (AvgIpc) is 2.41.